The molecule has 1 heterocycles. The Bertz CT molecular complexity index is 704. The first kappa shape index (κ1) is 17.1. The van der Waals surface area contributed by atoms with Crippen LogP contribution < -0.4 is 0 Å². The monoisotopic (exact) mass is 413 g/mol. The van der Waals surface area contributed by atoms with Crippen LogP contribution in [0, 0.1) is 5.41 Å². The van der Waals surface area contributed by atoms with Crippen molar-refractivity contribution >= 4 is 53.2 Å². The highest BCUT2D eigenvalue weighted by atomic mass is 79.9. The van der Waals surface area contributed by atoms with Gasteiger partial charge in [0.25, 0.3) is 15.0 Å². The molecule has 0 saturated carbocycles. The second-order valence-electron chi connectivity index (χ2n) is 5.85. The molecule has 0 spiro atoms. The van der Waals surface area contributed by atoms with E-state index >= 15 is 0 Å². The lowest BCUT2D eigenvalue weighted by molar-refractivity contribution is 0.0778. The van der Waals surface area contributed by atoms with Crippen LogP contribution in [0.3, 0.4) is 0 Å². The Morgan fingerprint density at radius 2 is 2.00 bits per heavy atom. The minimum absolute atomic E-state index is 0.0511. The van der Waals surface area contributed by atoms with Crippen LogP contribution in [0.1, 0.15) is 30.6 Å². The average molecular weight is 415 g/mol. The molecule has 21 heavy (non-hydrogen) atoms. The van der Waals surface area contributed by atoms with Gasteiger partial charge in [-0.25, -0.2) is 8.42 Å². The van der Waals surface area contributed by atoms with Gasteiger partial charge in [-0.15, -0.1) is 0 Å². The van der Waals surface area contributed by atoms with Gasteiger partial charge in [-0.3, -0.25) is 4.79 Å². The van der Waals surface area contributed by atoms with Gasteiger partial charge in [-0.2, -0.15) is 0 Å². The van der Waals surface area contributed by atoms with Gasteiger partial charge in [0.2, 0.25) is 0 Å². The summed E-state index contributed by atoms with van der Waals surface area (Å²) in [5.41, 5.74) is 0.193. The van der Waals surface area contributed by atoms with E-state index < -0.39 is 9.05 Å². The number of rotatable bonds is 2. The smallest absolute Gasteiger partial charge is 0.261 e. The van der Waals surface area contributed by atoms with Crippen molar-refractivity contribution < 1.29 is 13.2 Å². The largest absolute Gasteiger partial charge is 0.338 e. The topological polar surface area (TPSA) is 54.5 Å². The van der Waals surface area contributed by atoms with E-state index in [4.69, 9.17) is 22.3 Å². The Balaban J connectivity index is 2.44. The van der Waals surface area contributed by atoms with Crippen LogP contribution >= 0.6 is 38.2 Å². The predicted molar refractivity (Wildman–Crippen MR) is 86.5 cm³/mol. The van der Waals surface area contributed by atoms with Crippen molar-refractivity contribution in [2.75, 3.05) is 13.1 Å². The zero-order chi connectivity index (χ0) is 16.0. The number of amides is 1. The Labute approximate surface area is 142 Å². The number of hydrogen-bond acceptors (Lipinski definition) is 3. The first-order valence-corrected chi connectivity index (χ1v) is 9.72. The van der Waals surface area contributed by atoms with Gasteiger partial charge in [-0.1, -0.05) is 25.4 Å². The zero-order valence-corrected chi connectivity index (χ0v) is 15.4. The molecule has 0 aliphatic carbocycles. The summed E-state index contributed by atoms with van der Waals surface area (Å²) < 4.78 is 23.3. The molecule has 1 fully saturated rings. The van der Waals surface area contributed by atoms with Crippen LogP contribution in [0.25, 0.3) is 0 Å². The summed E-state index contributed by atoms with van der Waals surface area (Å²) >= 11 is 9.29. The molecule has 2 rings (SSSR count). The van der Waals surface area contributed by atoms with Gasteiger partial charge in [-0.05, 0) is 39.9 Å². The van der Waals surface area contributed by atoms with Crippen LogP contribution in [-0.2, 0) is 9.05 Å². The summed E-state index contributed by atoms with van der Waals surface area (Å²) in [6.07, 6.45) is 0.894. The number of hydrogen-bond donors (Lipinski definition) is 0. The third-order valence-corrected chi connectivity index (χ3v) is 6.07. The maximum Gasteiger partial charge on any atom is 0.261 e. The van der Waals surface area contributed by atoms with Crippen LogP contribution in [0.2, 0.25) is 5.02 Å². The maximum absolute atomic E-state index is 12.6. The van der Waals surface area contributed by atoms with E-state index in [1.165, 1.54) is 12.1 Å². The number of nitrogens with zero attached hydrogens (tertiary/aromatic N) is 1. The van der Waals surface area contributed by atoms with Gasteiger partial charge in [0.15, 0.2) is 0 Å². The molecule has 1 aromatic carbocycles. The van der Waals surface area contributed by atoms with Crippen molar-refractivity contribution in [2.45, 2.75) is 25.2 Å². The quantitative estimate of drug-likeness (QED) is 0.689. The number of carbonyl (C=O) groups excluding carboxylic acids is 1. The van der Waals surface area contributed by atoms with E-state index in [0.29, 0.717) is 17.6 Å². The third kappa shape index (κ3) is 3.73. The van der Waals surface area contributed by atoms with Crippen molar-refractivity contribution in [3.8, 4) is 0 Å². The molecule has 116 valence electrons. The summed E-state index contributed by atoms with van der Waals surface area (Å²) in [7, 11) is 1.42. The molecule has 1 saturated heterocycles. The molecule has 1 aliphatic rings. The van der Waals surface area contributed by atoms with Gasteiger partial charge >= 0.3 is 0 Å². The fraction of sp³-hybridized carbons (Fsp3) is 0.462. The molecule has 0 N–H and O–H groups in total. The van der Waals surface area contributed by atoms with E-state index in [1.54, 1.807) is 4.90 Å². The molecule has 0 bridgehead atoms. The highest BCUT2D eigenvalue weighted by Gasteiger charge is 2.33. The third-order valence-electron chi connectivity index (χ3n) is 3.48. The minimum atomic E-state index is -3.93. The minimum Gasteiger partial charge on any atom is -0.338 e. The van der Waals surface area contributed by atoms with Crippen LogP contribution in [0.15, 0.2) is 21.5 Å². The van der Waals surface area contributed by atoms with Gasteiger partial charge in [0, 0.05) is 28.2 Å². The predicted octanol–water partition coefficient (Wildman–Crippen LogP) is 3.90. The molecule has 1 aliphatic heterocycles. The molecular formula is C13H14BrCl2NO3S. The average Bonchev–Trinajstić information content (AvgIpc) is 2.71. The van der Waals surface area contributed by atoms with Crippen LogP contribution in [0.5, 0.6) is 0 Å². The van der Waals surface area contributed by atoms with Crippen LogP contribution in [0.4, 0.5) is 0 Å². The number of halogens is 3. The van der Waals surface area contributed by atoms with Crippen molar-refractivity contribution in [3.63, 3.8) is 0 Å². The normalized spacial score (nSPS) is 18.0. The fourth-order valence-corrected chi connectivity index (χ4v) is 3.90. The highest BCUT2D eigenvalue weighted by Crippen LogP contribution is 2.34. The summed E-state index contributed by atoms with van der Waals surface area (Å²) in [5, 5.41) is 0.189. The zero-order valence-electron chi connectivity index (χ0n) is 11.5. The fourth-order valence-electron chi connectivity index (χ4n) is 2.32. The maximum atomic E-state index is 12.6. The number of carbonyl (C=O) groups is 1. The molecular weight excluding hydrogens is 401 g/mol. The summed E-state index contributed by atoms with van der Waals surface area (Å²) in [4.78, 5) is 14.1. The molecule has 0 unspecified atom stereocenters. The number of benzene rings is 1. The molecule has 1 aromatic rings. The number of likely N-dealkylation sites (tertiary alicyclic amines) is 1. The first-order valence-electron chi connectivity index (χ1n) is 6.24. The van der Waals surface area contributed by atoms with E-state index in [-0.39, 0.29) is 26.8 Å². The lowest BCUT2D eigenvalue weighted by atomic mass is 9.93. The summed E-state index contributed by atoms with van der Waals surface area (Å²) in [6, 6.07) is 2.51. The van der Waals surface area contributed by atoms with E-state index in [9.17, 15) is 13.2 Å². The van der Waals surface area contributed by atoms with E-state index in [1.807, 2.05) is 0 Å². The Morgan fingerprint density at radius 1 is 1.38 bits per heavy atom. The van der Waals surface area contributed by atoms with Gasteiger partial charge in [0.1, 0.15) is 0 Å². The van der Waals surface area contributed by atoms with Crippen LogP contribution in [-0.4, -0.2) is 32.3 Å². The SMILES string of the molecule is CC1(C)CCN(C(=O)c2cc(S(=O)(=O)Cl)cc(Br)c2Cl)C1. The van der Waals surface area contributed by atoms with E-state index in [2.05, 4.69) is 29.8 Å². The summed E-state index contributed by atoms with van der Waals surface area (Å²) in [5.74, 6) is -0.284. The molecule has 4 nitrogen and oxygen atoms in total. The van der Waals surface area contributed by atoms with Crippen molar-refractivity contribution in [2.24, 2.45) is 5.41 Å². The van der Waals surface area contributed by atoms with Gasteiger partial charge in [0.05, 0.1) is 15.5 Å². The standard InChI is InChI=1S/C13H14BrCl2NO3S/c1-13(2)3-4-17(7-13)12(18)9-5-8(21(16,19)20)6-10(14)11(9)15/h5-6H,3-4,7H2,1-2H3. The molecule has 0 atom stereocenters. The van der Waals surface area contributed by atoms with Crippen molar-refractivity contribution in [1.29, 1.82) is 0 Å². The van der Waals surface area contributed by atoms with Crippen molar-refractivity contribution in [3.05, 3.63) is 27.2 Å². The second kappa shape index (κ2) is 5.72. The van der Waals surface area contributed by atoms with Crippen molar-refractivity contribution in [1.82, 2.24) is 4.90 Å². The first-order chi connectivity index (χ1) is 9.51. The van der Waals surface area contributed by atoms with E-state index in [0.717, 1.165) is 6.42 Å². The molecule has 0 aromatic heterocycles. The lowest BCUT2D eigenvalue weighted by Crippen LogP contribution is -2.30. The lowest BCUT2D eigenvalue weighted by Gasteiger charge is -2.20. The molecule has 8 heteroatoms. The molecule has 1 amide bonds. The second-order valence-corrected chi connectivity index (χ2v) is 9.64. The Morgan fingerprint density at radius 3 is 2.48 bits per heavy atom. The summed E-state index contributed by atoms with van der Waals surface area (Å²) in [6.45, 7) is 5.39. The molecule has 0 radical (unpaired) electrons. The Hall–Kier alpha value is -0.300. The highest BCUT2D eigenvalue weighted by molar-refractivity contribution is 9.10. The Kier molecular flexibility index (Phi) is 4.65. The van der Waals surface area contributed by atoms with Gasteiger partial charge < -0.3 is 4.90 Å².